The largest absolute Gasteiger partial charge is 0.377 e. The fraction of sp³-hybridized carbons (Fsp3) is 0.640. The summed E-state index contributed by atoms with van der Waals surface area (Å²) in [4.78, 5) is 12.5. The van der Waals surface area contributed by atoms with Crippen molar-refractivity contribution in [2.45, 2.75) is 71.1 Å². The molecule has 0 spiro atoms. The summed E-state index contributed by atoms with van der Waals surface area (Å²) < 4.78 is 5.62. The molecule has 4 rings (SSSR count). The van der Waals surface area contributed by atoms with Gasteiger partial charge in [-0.3, -0.25) is 4.79 Å². The second-order valence-electron chi connectivity index (χ2n) is 9.12. The van der Waals surface area contributed by atoms with Crippen LogP contribution in [0.4, 0.5) is 0 Å². The van der Waals surface area contributed by atoms with Crippen LogP contribution in [0.1, 0.15) is 81.4 Å². The Morgan fingerprint density at radius 3 is 2.96 bits per heavy atom. The van der Waals surface area contributed by atoms with Crippen LogP contribution in [-0.2, 0) is 16.0 Å². The van der Waals surface area contributed by atoms with Crippen LogP contribution >= 0.6 is 0 Å². The van der Waals surface area contributed by atoms with E-state index < -0.39 is 0 Å². The van der Waals surface area contributed by atoms with Crippen LogP contribution in [-0.4, -0.2) is 19.0 Å². The highest BCUT2D eigenvalue weighted by Gasteiger charge is 2.54. The van der Waals surface area contributed by atoms with Crippen LogP contribution in [0, 0.1) is 17.3 Å². The van der Waals surface area contributed by atoms with Gasteiger partial charge in [-0.25, -0.2) is 0 Å². The number of fused-ring (bicyclic) bond motifs is 5. The average Bonchev–Trinajstić information content (AvgIpc) is 2.99. The quantitative estimate of drug-likeness (QED) is 0.582. The maximum atomic E-state index is 12.5. The number of ketones is 1. The molecule has 3 aliphatic carbocycles. The molecule has 0 radical (unpaired) electrons. The van der Waals surface area contributed by atoms with Gasteiger partial charge in [0.25, 0.3) is 0 Å². The molecule has 0 heterocycles. The first-order chi connectivity index (χ1) is 13.1. The van der Waals surface area contributed by atoms with Gasteiger partial charge in [-0.05, 0) is 73.0 Å². The van der Waals surface area contributed by atoms with Crippen molar-refractivity contribution in [3.05, 3.63) is 41.0 Å². The van der Waals surface area contributed by atoms with Crippen molar-refractivity contribution in [2.75, 3.05) is 13.2 Å². The first-order valence-corrected chi connectivity index (χ1v) is 11.0. The molecule has 0 saturated heterocycles. The number of benzene rings is 1. The number of carbonyl (C=O) groups excluding carboxylic acids is 1. The van der Waals surface area contributed by atoms with Gasteiger partial charge >= 0.3 is 0 Å². The minimum absolute atomic E-state index is 0.0148. The van der Waals surface area contributed by atoms with Crippen molar-refractivity contribution in [2.24, 2.45) is 17.3 Å². The highest BCUT2D eigenvalue weighted by Crippen LogP contribution is 2.59. The monoisotopic (exact) mass is 366 g/mol. The molecule has 1 aromatic rings. The predicted octanol–water partition coefficient (Wildman–Crippen LogP) is 5.94. The smallest absolute Gasteiger partial charge is 0.139 e. The Balaban J connectivity index is 1.45. The van der Waals surface area contributed by atoms with Gasteiger partial charge in [-0.15, -0.1) is 0 Å². The summed E-state index contributed by atoms with van der Waals surface area (Å²) in [5, 5.41) is 0. The van der Waals surface area contributed by atoms with Crippen LogP contribution in [0.25, 0.3) is 6.08 Å². The molecule has 4 atom stereocenters. The lowest BCUT2D eigenvalue weighted by atomic mass is 9.55. The molecule has 0 aliphatic heterocycles. The summed E-state index contributed by atoms with van der Waals surface area (Å²) in [6.45, 7) is 6.01. The highest BCUT2D eigenvalue weighted by molar-refractivity contribution is 5.87. The lowest BCUT2D eigenvalue weighted by molar-refractivity contribution is -0.129. The highest BCUT2D eigenvalue weighted by atomic mass is 16.5. The normalized spacial score (nSPS) is 32.4. The maximum absolute atomic E-state index is 12.5. The lowest BCUT2D eigenvalue weighted by Gasteiger charge is -2.48. The van der Waals surface area contributed by atoms with Gasteiger partial charge in [0.05, 0.1) is 6.61 Å². The van der Waals surface area contributed by atoms with Gasteiger partial charge in [0.15, 0.2) is 0 Å². The second-order valence-corrected chi connectivity index (χ2v) is 9.12. The number of ether oxygens (including phenoxy) is 1. The van der Waals surface area contributed by atoms with E-state index >= 15 is 0 Å². The van der Waals surface area contributed by atoms with E-state index in [0.29, 0.717) is 24.2 Å². The van der Waals surface area contributed by atoms with E-state index in [1.165, 1.54) is 31.2 Å². The Kier molecular flexibility index (Phi) is 5.55. The summed E-state index contributed by atoms with van der Waals surface area (Å²) in [6.07, 6.45) is 13.3. The number of rotatable bonds is 6. The summed E-state index contributed by atoms with van der Waals surface area (Å²) in [5.41, 5.74) is 4.39. The van der Waals surface area contributed by atoms with E-state index in [1.54, 1.807) is 11.1 Å². The van der Waals surface area contributed by atoms with Crippen molar-refractivity contribution >= 4 is 11.9 Å². The van der Waals surface area contributed by atoms with Crippen LogP contribution < -0.4 is 0 Å². The number of hydrogen-bond acceptors (Lipinski definition) is 2. The molecular formula is C25H34O2. The minimum Gasteiger partial charge on any atom is -0.377 e. The zero-order valence-corrected chi connectivity index (χ0v) is 17.0. The van der Waals surface area contributed by atoms with E-state index in [9.17, 15) is 4.79 Å². The molecule has 2 fully saturated rings. The molecule has 3 aliphatic rings. The molecule has 2 saturated carbocycles. The Morgan fingerprint density at radius 2 is 2.11 bits per heavy atom. The molecule has 0 bridgehead atoms. The molecule has 27 heavy (non-hydrogen) atoms. The predicted molar refractivity (Wildman–Crippen MR) is 111 cm³/mol. The van der Waals surface area contributed by atoms with Crippen LogP contribution in [0.3, 0.4) is 0 Å². The fourth-order valence-corrected chi connectivity index (χ4v) is 6.06. The Bertz CT molecular complexity index is 719. The second kappa shape index (κ2) is 7.91. The standard InChI is InChI=1S/C25H34O2/c1-3-4-15-27-16-5-6-18-7-9-20-19(17-18)8-10-22-21(20)13-14-25(2)23(22)11-12-24(25)26/h5-7,9,17,21-23H,3-4,8,10-16H2,1-2H3/b6-5+/t21-,22-,23+,25+/m1/s1. The van der Waals surface area contributed by atoms with Crippen molar-refractivity contribution in [1.29, 1.82) is 0 Å². The summed E-state index contributed by atoms with van der Waals surface area (Å²) >= 11 is 0. The molecule has 0 N–H and O–H groups in total. The summed E-state index contributed by atoms with van der Waals surface area (Å²) in [7, 11) is 0. The van der Waals surface area contributed by atoms with E-state index in [4.69, 9.17) is 4.74 Å². The van der Waals surface area contributed by atoms with Crippen molar-refractivity contribution in [3.8, 4) is 0 Å². The molecule has 1 aromatic carbocycles. The van der Waals surface area contributed by atoms with Crippen LogP contribution in [0.2, 0.25) is 0 Å². The zero-order valence-electron chi connectivity index (χ0n) is 17.0. The molecule has 2 nitrogen and oxygen atoms in total. The number of carbonyl (C=O) groups is 1. The van der Waals surface area contributed by atoms with Gasteiger partial charge in [0.2, 0.25) is 0 Å². The fourth-order valence-electron chi connectivity index (χ4n) is 6.06. The number of Topliss-reactive ketones (excluding diaryl/α,β-unsaturated/α-hetero) is 1. The molecule has 2 heteroatoms. The molecule has 0 unspecified atom stereocenters. The summed E-state index contributed by atoms with van der Waals surface area (Å²) in [6, 6.07) is 7.04. The van der Waals surface area contributed by atoms with Gasteiger partial charge in [0, 0.05) is 18.4 Å². The van der Waals surface area contributed by atoms with Crippen molar-refractivity contribution in [1.82, 2.24) is 0 Å². The number of hydrogen-bond donors (Lipinski definition) is 0. The molecular weight excluding hydrogens is 332 g/mol. The lowest BCUT2D eigenvalue weighted by Crippen LogP contribution is -2.42. The van der Waals surface area contributed by atoms with Crippen molar-refractivity contribution < 1.29 is 9.53 Å². The van der Waals surface area contributed by atoms with Gasteiger partial charge in [-0.1, -0.05) is 50.6 Å². The Labute approximate surface area is 164 Å². The third-order valence-electron chi connectivity index (χ3n) is 7.63. The average molecular weight is 367 g/mol. The summed E-state index contributed by atoms with van der Waals surface area (Å²) in [5.74, 6) is 2.55. The van der Waals surface area contributed by atoms with Gasteiger partial charge < -0.3 is 4.74 Å². The zero-order chi connectivity index (χ0) is 18.9. The van der Waals surface area contributed by atoms with Crippen LogP contribution in [0.5, 0.6) is 0 Å². The van der Waals surface area contributed by atoms with Crippen LogP contribution in [0.15, 0.2) is 24.3 Å². The molecule has 146 valence electrons. The number of aryl methyl sites for hydroxylation is 1. The third kappa shape index (κ3) is 3.53. The first-order valence-electron chi connectivity index (χ1n) is 11.0. The van der Waals surface area contributed by atoms with E-state index in [2.05, 4.69) is 44.2 Å². The molecule has 0 amide bonds. The third-order valence-corrected chi connectivity index (χ3v) is 7.63. The maximum Gasteiger partial charge on any atom is 0.139 e. The van der Waals surface area contributed by atoms with Crippen molar-refractivity contribution in [3.63, 3.8) is 0 Å². The Morgan fingerprint density at radius 1 is 1.22 bits per heavy atom. The van der Waals surface area contributed by atoms with E-state index in [1.807, 2.05) is 0 Å². The van der Waals surface area contributed by atoms with E-state index in [0.717, 1.165) is 38.2 Å². The topological polar surface area (TPSA) is 26.3 Å². The molecule has 0 aromatic heterocycles. The van der Waals surface area contributed by atoms with Gasteiger partial charge in [-0.2, -0.15) is 0 Å². The SMILES string of the molecule is CCCCOC/C=C/c1ccc2c(c1)CC[C@@H]1[C@@H]2CC[C@]2(C)C(=O)CC[C@@H]12. The van der Waals surface area contributed by atoms with E-state index in [-0.39, 0.29) is 5.41 Å². The minimum atomic E-state index is -0.0148. The number of unbranched alkanes of at least 4 members (excludes halogenated alkanes) is 1. The first kappa shape index (κ1) is 18.9. The Hall–Kier alpha value is -1.41. The van der Waals surface area contributed by atoms with Gasteiger partial charge in [0.1, 0.15) is 5.78 Å².